The second kappa shape index (κ2) is 9.94. The predicted molar refractivity (Wildman–Crippen MR) is 118 cm³/mol. The molecular formula is C22H15ClF3N3O3S. The summed E-state index contributed by atoms with van der Waals surface area (Å²) in [7, 11) is -5.69. The summed E-state index contributed by atoms with van der Waals surface area (Å²) in [5.74, 6) is 0. The molecule has 0 aliphatic rings. The fraction of sp³-hybridized carbons (Fsp3) is 0.0909. The number of benzene rings is 3. The molecule has 33 heavy (non-hydrogen) atoms. The van der Waals surface area contributed by atoms with Crippen LogP contribution in [0.5, 0.6) is 0 Å². The van der Waals surface area contributed by atoms with E-state index in [0.717, 1.165) is 6.07 Å². The topological polar surface area (TPSA) is 91.5 Å². The van der Waals surface area contributed by atoms with E-state index in [1.165, 1.54) is 12.1 Å². The Labute approximate surface area is 192 Å². The highest BCUT2D eigenvalue weighted by molar-refractivity contribution is 7.93. The number of anilines is 1. The molecule has 0 unspecified atom stereocenters. The molecule has 3 aromatic carbocycles. The molecule has 0 spiro atoms. The van der Waals surface area contributed by atoms with Gasteiger partial charge in [0.1, 0.15) is 12.3 Å². The number of rotatable bonds is 7. The molecule has 0 aliphatic carbocycles. The number of nitrogens with zero attached hydrogens (tertiary/aromatic N) is 2. The summed E-state index contributed by atoms with van der Waals surface area (Å²) < 4.78 is 63.8. The summed E-state index contributed by atoms with van der Waals surface area (Å²) in [6.45, 7) is -0.00772. The number of nitriles is 1. The van der Waals surface area contributed by atoms with Crippen LogP contribution in [0.1, 0.15) is 22.3 Å². The lowest BCUT2D eigenvalue weighted by Crippen LogP contribution is -2.30. The van der Waals surface area contributed by atoms with Gasteiger partial charge in [0.05, 0.1) is 17.3 Å². The fourth-order valence-electron chi connectivity index (χ4n) is 2.70. The van der Waals surface area contributed by atoms with Crippen LogP contribution in [0.2, 0.25) is 5.02 Å². The molecular weight excluding hydrogens is 479 g/mol. The average molecular weight is 494 g/mol. The van der Waals surface area contributed by atoms with Gasteiger partial charge in [0, 0.05) is 16.1 Å². The molecule has 3 rings (SSSR count). The zero-order chi connectivity index (χ0) is 24.1. The van der Waals surface area contributed by atoms with Crippen LogP contribution in [0.3, 0.4) is 0 Å². The monoisotopic (exact) mass is 493 g/mol. The first-order valence-electron chi connectivity index (χ1n) is 9.24. The third kappa shape index (κ3) is 6.03. The van der Waals surface area contributed by atoms with Gasteiger partial charge in [0.2, 0.25) is 0 Å². The lowest BCUT2D eigenvalue weighted by Gasteiger charge is -2.16. The van der Waals surface area contributed by atoms with E-state index in [9.17, 15) is 21.6 Å². The van der Waals surface area contributed by atoms with E-state index < -0.39 is 15.5 Å². The molecule has 0 amide bonds. The summed E-state index contributed by atoms with van der Waals surface area (Å²) in [5, 5.41) is 13.1. The van der Waals surface area contributed by atoms with Gasteiger partial charge in [0.15, 0.2) is 0 Å². The maximum atomic E-state index is 12.9. The molecule has 0 fully saturated rings. The van der Waals surface area contributed by atoms with Gasteiger partial charge in [-0.25, -0.2) is 0 Å². The van der Waals surface area contributed by atoms with Crippen LogP contribution in [0.4, 0.5) is 18.9 Å². The Kier molecular flexibility index (Phi) is 7.26. The van der Waals surface area contributed by atoms with Crippen LogP contribution >= 0.6 is 11.6 Å². The van der Waals surface area contributed by atoms with E-state index in [0.29, 0.717) is 16.7 Å². The van der Waals surface area contributed by atoms with Crippen molar-refractivity contribution in [3.8, 4) is 6.07 Å². The van der Waals surface area contributed by atoms with Crippen molar-refractivity contribution < 1.29 is 26.4 Å². The van der Waals surface area contributed by atoms with Crippen molar-refractivity contribution in [3.63, 3.8) is 0 Å². The molecule has 11 heteroatoms. The first-order valence-corrected chi connectivity index (χ1v) is 11.1. The summed E-state index contributed by atoms with van der Waals surface area (Å²) in [6.07, 6.45) is 0. The molecule has 6 nitrogen and oxygen atoms in total. The van der Waals surface area contributed by atoms with Crippen LogP contribution < -0.4 is 4.72 Å². The van der Waals surface area contributed by atoms with E-state index >= 15 is 0 Å². The predicted octanol–water partition coefficient (Wildman–Crippen LogP) is 5.44. The van der Waals surface area contributed by atoms with Crippen molar-refractivity contribution >= 4 is 33.0 Å². The largest absolute Gasteiger partial charge is 0.516 e. The molecule has 0 atom stereocenters. The fourth-order valence-corrected chi connectivity index (χ4v) is 3.46. The Morgan fingerprint density at radius 2 is 1.73 bits per heavy atom. The standard InChI is InChI=1S/C22H15ClF3N3O3S/c23-18-10-11-20(29-33(30,31)22(24,25)26)19(12-18)21(17-4-2-1-3-5-17)28-32-14-16-8-6-15(13-27)7-9-16/h1-12,29H,14H2. The summed E-state index contributed by atoms with van der Waals surface area (Å²) in [5.41, 5.74) is -4.23. The zero-order valence-corrected chi connectivity index (χ0v) is 18.2. The van der Waals surface area contributed by atoms with Crippen molar-refractivity contribution in [1.82, 2.24) is 0 Å². The van der Waals surface area contributed by atoms with Gasteiger partial charge in [-0.3, -0.25) is 4.72 Å². The molecule has 0 bridgehead atoms. The molecule has 0 heterocycles. The lowest BCUT2D eigenvalue weighted by atomic mass is 10.0. The van der Waals surface area contributed by atoms with Crippen molar-refractivity contribution in [3.05, 3.63) is 100 Å². The Bertz CT molecular complexity index is 1300. The Hall–Kier alpha value is -3.55. The quantitative estimate of drug-likeness (QED) is 0.350. The van der Waals surface area contributed by atoms with Crippen molar-refractivity contribution in [2.45, 2.75) is 12.1 Å². The molecule has 0 saturated carbocycles. The minimum absolute atomic E-state index is 0.00772. The smallest absolute Gasteiger partial charge is 0.390 e. The third-order valence-electron chi connectivity index (χ3n) is 4.30. The molecule has 0 radical (unpaired) electrons. The molecule has 0 saturated heterocycles. The molecule has 0 aromatic heterocycles. The lowest BCUT2D eigenvalue weighted by molar-refractivity contribution is -0.0429. The van der Waals surface area contributed by atoms with Gasteiger partial charge < -0.3 is 4.84 Å². The first kappa shape index (κ1) is 24.1. The molecule has 170 valence electrons. The van der Waals surface area contributed by atoms with Crippen LogP contribution in [-0.2, 0) is 21.5 Å². The van der Waals surface area contributed by atoms with Gasteiger partial charge in [-0.05, 0) is 35.9 Å². The van der Waals surface area contributed by atoms with Gasteiger partial charge in [0.25, 0.3) is 0 Å². The van der Waals surface area contributed by atoms with E-state index in [1.54, 1.807) is 59.3 Å². The number of nitrogens with one attached hydrogen (secondary N) is 1. The first-order chi connectivity index (χ1) is 15.6. The number of halogens is 4. The maximum Gasteiger partial charge on any atom is 0.516 e. The SMILES string of the molecule is N#Cc1ccc(CON=C(c2ccccc2)c2cc(Cl)ccc2NS(=O)(=O)C(F)(F)F)cc1. The van der Waals surface area contributed by atoms with E-state index in [1.807, 2.05) is 6.07 Å². The number of hydrogen-bond acceptors (Lipinski definition) is 5. The number of sulfonamides is 1. The van der Waals surface area contributed by atoms with E-state index in [-0.39, 0.29) is 28.6 Å². The van der Waals surface area contributed by atoms with Crippen molar-refractivity contribution in [1.29, 1.82) is 5.26 Å². The minimum atomic E-state index is -5.69. The summed E-state index contributed by atoms with van der Waals surface area (Å²) in [6, 6.07) is 20.5. The van der Waals surface area contributed by atoms with Crippen LogP contribution in [0.25, 0.3) is 0 Å². The zero-order valence-electron chi connectivity index (χ0n) is 16.7. The number of oxime groups is 1. The number of alkyl halides is 3. The third-order valence-corrected chi connectivity index (χ3v) is 5.64. The number of hydrogen-bond donors (Lipinski definition) is 1. The van der Waals surface area contributed by atoms with Crippen molar-refractivity contribution in [2.75, 3.05) is 4.72 Å². The normalized spacial score (nSPS) is 12.2. The second-order valence-corrected chi connectivity index (χ2v) is 8.74. The Balaban J connectivity index is 2.02. The van der Waals surface area contributed by atoms with Crippen molar-refractivity contribution in [2.24, 2.45) is 5.16 Å². The van der Waals surface area contributed by atoms with Crippen LogP contribution in [0.15, 0.2) is 78.0 Å². The van der Waals surface area contributed by atoms with E-state index in [4.69, 9.17) is 21.7 Å². The molecule has 0 aliphatic heterocycles. The Morgan fingerprint density at radius 3 is 2.33 bits per heavy atom. The van der Waals surface area contributed by atoms with Gasteiger partial charge in [-0.1, -0.05) is 59.2 Å². The highest BCUT2D eigenvalue weighted by atomic mass is 35.5. The molecule has 1 N–H and O–H groups in total. The van der Waals surface area contributed by atoms with E-state index in [2.05, 4.69) is 5.16 Å². The average Bonchev–Trinajstić information content (AvgIpc) is 2.78. The second-order valence-electron chi connectivity index (χ2n) is 6.63. The maximum absolute atomic E-state index is 12.9. The highest BCUT2D eigenvalue weighted by Gasteiger charge is 2.46. The summed E-state index contributed by atoms with van der Waals surface area (Å²) >= 11 is 6.05. The van der Waals surface area contributed by atoms with Gasteiger partial charge in [-0.15, -0.1) is 0 Å². The van der Waals surface area contributed by atoms with Gasteiger partial charge >= 0.3 is 15.5 Å². The van der Waals surface area contributed by atoms with Crippen LogP contribution in [-0.4, -0.2) is 19.6 Å². The minimum Gasteiger partial charge on any atom is -0.390 e. The van der Waals surface area contributed by atoms with Gasteiger partial charge in [-0.2, -0.15) is 26.9 Å². The summed E-state index contributed by atoms with van der Waals surface area (Å²) in [4.78, 5) is 5.42. The Morgan fingerprint density at radius 1 is 1.06 bits per heavy atom. The molecule has 3 aromatic rings. The van der Waals surface area contributed by atoms with Crippen LogP contribution in [0, 0.1) is 11.3 Å². The highest BCUT2D eigenvalue weighted by Crippen LogP contribution is 2.30.